The Labute approximate surface area is 189 Å². The van der Waals surface area contributed by atoms with Crippen molar-refractivity contribution in [3.8, 4) is 0 Å². The molecule has 31 heavy (non-hydrogen) atoms. The molecule has 3 N–H and O–H groups in total. The molecule has 0 unspecified atom stereocenters. The van der Waals surface area contributed by atoms with Gasteiger partial charge in [0.2, 0.25) is 0 Å². The fourth-order valence-corrected chi connectivity index (χ4v) is 4.33. The molecular formula is C23H19Cl2N3O3. The molecule has 1 heterocycles. The number of halogens is 2. The van der Waals surface area contributed by atoms with Gasteiger partial charge in [0.15, 0.2) is 0 Å². The van der Waals surface area contributed by atoms with Gasteiger partial charge < -0.3 is 15.7 Å². The lowest BCUT2D eigenvalue weighted by molar-refractivity contribution is -0.138. The third kappa shape index (κ3) is 4.45. The molecule has 0 aromatic heterocycles. The Morgan fingerprint density at radius 1 is 0.968 bits per heavy atom. The van der Waals surface area contributed by atoms with Crippen molar-refractivity contribution in [3.05, 3.63) is 88.4 Å². The van der Waals surface area contributed by atoms with Crippen LogP contribution in [0.15, 0.2) is 72.8 Å². The first-order valence-corrected chi connectivity index (χ1v) is 10.4. The van der Waals surface area contributed by atoms with Crippen molar-refractivity contribution in [2.75, 3.05) is 10.2 Å². The number of nitrogens with one attached hydrogen (secondary N) is 2. The molecule has 4 rings (SSSR count). The normalized spacial score (nSPS) is 17.2. The zero-order chi connectivity index (χ0) is 22.0. The van der Waals surface area contributed by atoms with Gasteiger partial charge in [0.1, 0.15) is 6.04 Å². The molecule has 3 aromatic carbocycles. The fraction of sp³-hybridized carbons (Fsp3) is 0.130. The van der Waals surface area contributed by atoms with Crippen molar-refractivity contribution in [1.29, 1.82) is 0 Å². The molecule has 0 spiro atoms. The number of anilines is 3. The highest BCUT2D eigenvalue weighted by Crippen LogP contribution is 2.40. The van der Waals surface area contributed by atoms with Crippen LogP contribution in [-0.2, 0) is 4.79 Å². The number of hydrogen-bond acceptors (Lipinski definition) is 3. The minimum Gasteiger partial charge on any atom is -0.480 e. The fourth-order valence-electron chi connectivity index (χ4n) is 3.70. The number of para-hydroxylation sites is 2. The number of carbonyl (C=O) groups excluding carboxylic acids is 1. The number of benzene rings is 3. The lowest BCUT2D eigenvalue weighted by Gasteiger charge is -2.34. The highest BCUT2D eigenvalue weighted by molar-refractivity contribution is 6.35. The van der Waals surface area contributed by atoms with Gasteiger partial charge in [0.25, 0.3) is 0 Å². The summed E-state index contributed by atoms with van der Waals surface area (Å²) < 4.78 is 0. The first-order valence-electron chi connectivity index (χ1n) is 9.63. The summed E-state index contributed by atoms with van der Waals surface area (Å²) in [5.41, 5.74) is 2.46. The first kappa shape index (κ1) is 21.0. The van der Waals surface area contributed by atoms with Crippen LogP contribution in [0.5, 0.6) is 0 Å². The van der Waals surface area contributed by atoms with E-state index in [2.05, 4.69) is 10.6 Å². The third-order valence-corrected chi connectivity index (χ3v) is 5.60. The molecule has 0 radical (unpaired) electrons. The molecule has 0 aliphatic carbocycles. The quantitative estimate of drug-likeness (QED) is 0.460. The summed E-state index contributed by atoms with van der Waals surface area (Å²) in [6, 6.07) is 19.7. The lowest BCUT2D eigenvalue weighted by Crippen LogP contribution is -2.44. The Hall–Kier alpha value is -3.22. The number of carboxylic acids is 1. The molecule has 1 aliphatic rings. The van der Waals surface area contributed by atoms with Crippen molar-refractivity contribution >= 4 is 52.3 Å². The Morgan fingerprint density at radius 2 is 1.55 bits per heavy atom. The molecule has 158 valence electrons. The molecule has 0 bridgehead atoms. The van der Waals surface area contributed by atoms with E-state index >= 15 is 0 Å². The van der Waals surface area contributed by atoms with Crippen molar-refractivity contribution in [2.24, 2.45) is 0 Å². The van der Waals surface area contributed by atoms with Gasteiger partial charge in [-0.15, -0.1) is 0 Å². The smallest absolute Gasteiger partial charge is 0.326 e. The van der Waals surface area contributed by atoms with Gasteiger partial charge in [-0.05, 0) is 36.4 Å². The standard InChI is InChI=1S/C23H19Cl2N3O3/c24-14-11-17(25)21-18(12-14)26-20(22(29)30)13-19(21)27-23(31)28(15-7-3-1-4-8-15)16-9-5-2-6-10-16/h1-12,19-20,26H,13H2,(H,27,31)(H,29,30)/t19-,20+/m0/s1. The van der Waals surface area contributed by atoms with Crippen LogP contribution in [0, 0.1) is 0 Å². The molecule has 0 fully saturated rings. The number of urea groups is 1. The van der Waals surface area contributed by atoms with Crippen LogP contribution in [0.3, 0.4) is 0 Å². The maximum absolute atomic E-state index is 13.5. The second kappa shape index (κ2) is 8.88. The van der Waals surface area contributed by atoms with Crippen LogP contribution in [0.2, 0.25) is 10.0 Å². The molecule has 2 atom stereocenters. The number of carboxylic acid groups (broad SMARTS) is 1. The van der Waals surface area contributed by atoms with Crippen molar-refractivity contribution in [1.82, 2.24) is 5.32 Å². The van der Waals surface area contributed by atoms with E-state index in [1.165, 1.54) is 0 Å². The molecule has 8 heteroatoms. The van der Waals surface area contributed by atoms with Gasteiger partial charge in [-0.3, -0.25) is 4.90 Å². The van der Waals surface area contributed by atoms with E-state index in [0.717, 1.165) is 0 Å². The van der Waals surface area contributed by atoms with Gasteiger partial charge in [0, 0.05) is 27.7 Å². The summed E-state index contributed by atoms with van der Waals surface area (Å²) in [4.78, 5) is 26.7. The van der Waals surface area contributed by atoms with Crippen LogP contribution in [0.1, 0.15) is 18.0 Å². The van der Waals surface area contributed by atoms with E-state index in [9.17, 15) is 14.7 Å². The number of amides is 2. The van der Waals surface area contributed by atoms with Crippen molar-refractivity contribution < 1.29 is 14.7 Å². The largest absolute Gasteiger partial charge is 0.480 e. The van der Waals surface area contributed by atoms with Crippen LogP contribution < -0.4 is 15.5 Å². The van der Waals surface area contributed by atoms with E-state index in [1.807, 2.05) is 60.7 Å². The molecule has 0 saturated carbocycles. The number of carbonyl (C=O) groups is 2. The maximum Gasteiger partial charge on any atom is 0.326 e. The van der Waals surface area contributed by atoms with Crippen LogP contribution >= 0.6 is 23.2 Å². The third-order valence-electron chi connectivity index (χ3n) is 5.07. The second-order valence-corrected chi connectivity index (χ2v) is 7.97. The van der Waals surface area contributed by atoms with Gasteiger partial charge in [-0.25, -0.2) is 9.59 Å². The van der Waals surface area contributed by atoms with Crippen molar-refractivity contribution in [2.45, 2.75) is 18.5 Å². The lowest BCUT2D eigenvalue weighted by atomic mass is 9.92. The average Bonchev–Trinajstić information content (AvgIpc) is 2.74. The number of rotatable bonds is 4. The van der Waals surface area contributed by atoms with Crippen LogP contribution in [0.4, 0.5) is 21.9 Å². The van der Waals surface area contributed by atoms with Gasteiger partial charge in [-0.1, -0.05) is 59.6 Å². The topological polar surface area (TPSA) is 81.7 Å². The Balaban J connectivity index is 1.71. The number of hydrogen-bond donors (Lipinski definition) is 3. The zero-order valence-electron chi connectivity index (χ0n) is 16.3. The summed E-state index contributed by atoms with van der Waals surface area (Å²) in [5, 5.41) is 16.2. The summed E-state index contributed by atoms with van der Waals surface area (Å²) in [6.45, 7) is 0. The highest BCUT2D eigenvalue weighted by atomic mass is 35.5. The molecule has 0 saturated heterocycles. The van der Waals surface area contributed by atoms with E-state index in [0.29, 0.717) is 32.7 Å². The Kier molecular flexibility index (Phi) is 6.02. The van der Waals surface area contributed by atoms with Gasteiger partial charge in [-0.2, -0.15) is 0 Å². The molecule has 1 aliphatic heterocycles. The first-order chi connectivity index (χ1) is 14.9. The molecule has 3 aromatic rings. The van der Waals surface area contributed by atoms with Crippen LogP contribution in [-0.4, -0.2) is 23.1 Å². The van der Waals surface area contributed by atoms with Crippen LogP contribution in [0.25, 0.3) is 0 Å². The SMILES string of the molecule is O=C(O)[C@H]1C[C@H](NC(=O)N(c2ccccc2)c2ccccc2)c2c(Cl)cc(Cl)cc2N1. The summed E-state index contributed by atoms with van der Waals surface area (Å²) in [7, 11) is 0. The Bertz CT molecular complexity index is 1070. The monoisotopic (exact) mass is 455 g/mol. The minimum atomic E-state index is -1.02. The van der Waals surface area contributed by atoms with E-state index in [1.54, 1.807) is 17.0 Å². The number of aliphatic carboxylic acids is 1. The summed E-state index contributed by atoms with van der Waals surface area (Å²) >= 11 is 12.5. The second-order valence-electron chi connectivity index (χ2n) is 7.13. The van der Waals surface area contributed by atoms with Gasteiger partial charge in [0.05, 0.1) is 17.4 Å². The Morgan fingerprint density at radius 3 is 2.10 bits per heavy atom. The predicted octanol–water partition coefficient (Wildman–Crippen LogP) is 5.85. The van der Waals surface area contributed by atoms with E-state index in [4.69, 9.17) is 23.2 Å². The summed E-state index contributed by atoms with van der Waals surface area (Å²) in [6.07, 6.45) is 0.132. The molecule has 2 amide bonds. The average molecular weight is 456 g/mol. The minimum absolute atomic E-state index is 0.132. The number of fused-ring (bicyclic) bond motifs is 1. The van der Waals surface area contributed by atoms with Crippen molar-refractivity contribution in [3.63, 3.8) is 0 Å². The molecule has 6 nitrogen and oxygen atoms in total. The highest BCUT2D eigenvalue weighted by Gasteiger charge is 2.34. The predicted molar refractivity (Wildman–Crippen MR) is 122 cm³/mol. The zero-order valence-corrected chi connectivity index (χ0v) is 17.8. The van der Waals surface area contributed by atoms with E-state index < -0.39 is 24.1 Å². The summed E-state index contributed by atoms with van der Waals surface area (Å²) in [5.74, 6) is -1.02. The molecular weight excluding hydrogens is 437 g/mol. The van der Waals surface area contributed by atoms with E-state index in [-0.39, 0.29) is 6.42 Å². The van der Waals surface area contributed by atoms with Gasteiger partial charge >= 0.3 is 12.0 Å². The maximum atomic E-state index is 13.5. The number of nitrogens with zero attached hydrogens (tertiary/aromatic N) is 1.